The predicted octanol–water partition coefficient (Wildman–Crippen LogP) is 1.51. The maximum absolute atomic E-state index is 13.6. The van der Waals surface area contributed by atoms with Crippen molar-refractivity contribution in [3.63, 3.8) is 0 Å². The fraction of sp³-hybridized carbons (Fsp3) is 0.760. The van der Waals surface area contributed by atoms with Crippen molar-refractivity contribution in [1.29, 1.82) is 0 Å². The lowest BCUT2D eigenvalue weighted by Crippen LogP contribution is -2.57. The summed E-state index contributed by atoms with van der Waals surface area (Å²) in [5.74, 6) is -0.761. The molecule has 4 rings (SSSR count). The molecule has 0 spiro atoms. The van der Waals surface area contributed by atoms with E-state index in [1.165, 1.54) is 11.3 Å². The molecule has 8 nitrogen and oxygen atoms in total. The third-order valence-electron chi connectivity index (χ3n) is 7.58. The average Bonchev–Trinajstić information content (AvgIpc) is 3.08. The summed E-state index contributed by atoms with van der Waals surface area (Å²) in [5.41, 5.74) is 0. The molecule has 3 unspecified atom stereocenters. The number of amides is 4. The SMILES string of the molecule is CC(C)CC(C(=O)N1CCN(CC(=O)N2CCCCC2)CC1)N1C(=O)C2CC=CCC2C1=O. The Balaban J connectivity index is 1.37. The lowest BCUT2D eigenvalue weighted by Gasteiger charge is -2.38. The first-order chi connectivity index (χ1) is 15.9. The first kappa shape index (κ1) is 23.9. The van der Waals surface area contributed by atoms with Crippen LogP contribution in [0.3, 0.4) is 0 Å². The molecule has 8 heteroatoms. The Morgan fingerprint density at radius 1 is 0.848 bits per heavy atom. The Labute approximate surface area is 196 Å². The second-order valence-electron chi connectivity index (χ2n) is 10.4. The standard InChI is InChI=1S/C25H38N4O4/c1-18(2)16-21(29-23(31)19-8-4-5-9-20(19)24(29)32)25(33)28-14-12-26(13-15-28)17-22(30)27-10-6-3-7-11-27/h4-5,18-21H,3,6-17H2,1-2H3. The monoisotopic (exact) mass is 458 g/mol. The first-order valence-corrected chi connectivity index (χ1v) is 12.7. The number of hydrogen-bond donors (Lipinski definition) is 0. The molecule has 3 aliphatic heterocycles. The fourth-order valence-electron chi connectivity index (χ4n) is 5.67. The number of likely N-dealkylation sites (tertiary alicyclic amines) is 2. The van der Waals surface area contributed by atoms with Gasteiger partial charge in [-0.2, -0.15) is 0 Å². The summed E-state index contributed by atoms with van der Waals surface area (Å²) in [4.78, 5) is 59.6. The van der Waals surface area contributed by atoms with Gasteiger partial charge in [0.15, 0.2) is 0 Å². The number of allylic oxidation sites excluding steroid dienone is 2. The van der Waals surface area contributed by atoms with Crippen molar-refractivity contribution in [3.05, 3.63) is 12.2 Å². The van der Waals surface area contributed by atoms with E-state index in [1.54, 1.807) is 4.90 Å². The van der Waals surface area contributed by atoms with Crippen LogP contribution >= 0.6 is 0 Å². The number of piperidine rings is 1. The molecule has 1 aliphatic carbocycles. The zero-order valence-electron chi connectivity index (χ0n) is 20.1. The molecule has 0 aromatic carbocycles. The average molecular weight is 459 g/mol. The third-order valence-corrected chi connectivity index (χ3v) is 7.58. The van der Waals surface area contributed by atoms with Gasteiger partial charge < -0.3 is 9.80 Å². The smallest absolute Gasteiger partial charge is 0.245 e. The number of hydrogen-bond acceptors (Lipinski definition) is 5. The quantitative estimate of drug-likeness (QED) is 0.445. The third kappa shape index (κ3) is 5.15. The van der Waals surface area contributed by atoms with Crippen LogP contribution in [-0.2, 0) is 19.2 Å². The Kier molecular flexibility index (Phi) is 7.51. The van der Waals surface area contributed by atoms with Crippen LogP contribution in [0.25, 0.3) is 0 Å². The fourth-order valence-corrected chi connectivity index (χ4v) is 5.67. The summed E-state index contributed by atoms with van der Waals surface area (Å²) in [7, 11) is 0. The molecule has 33 heavy (non-hydrogen) atoms. The maximum atomic E-state index is 13.6. The van der Waals surface area contributed by atoms with Crippen LogP contribution < -0.4 is 0 Å². The van der Waals surface area contributed by atoms with Gasteiger partial charge >= 0.3 is 0 Å². The normalized spacial score (nSPS) is 27.3. The molecule has 3 saturated heterocycles. The van der Waals surface area contributed by atoms with Gasteiger partial charge in [0.25, 0.3) is 0 Å². The summed E-state index contributed by atoms with van der Waals surface area (Å²) in [6.07, 6.45) is 8.95. The Morgan fingerprint density at radius 2 is 1.42 bits per heavy atom. The highest BCUT2D eigenvalue weighted by molar-refractivity contribution is 6.08. The van der Waals surface area contributed by atoms with Crippen molar-refractivity contribution in [2.24, 2.45) is 17.8 Å². The van der Waals surface area contributed by atoms with E-state index in [4.69, 9.17) is 0 Å². The molecule has 4 aliphatic rings. The second kappa shape index (κ2) is 10.4. The van der Waals surface area contributed by atoms with E-state index < -0.39 is 6.04 Å². The number of nitrogens with zero attached hydrogens (tertiary/aromatic N) is 4. The van der Waals surface area contributed by atoms with Crippen LogP contribution in [0.15, 0.2) is 12.2 Å². The number of imide groups is 1. The molecular weight excluding hydrogens is 420 g/mol. The van der Waals surface area contributed by atoms with Gasteiger partial charge in [-0.3, -0.25) is 29.0 Å². The van der Waals surface area contributed by atoms with Crippen LogP contribution in [0, 0.1) is 17.8 Å². The topological polar surface area (TPSA) is 81.2 Å². The summed E-state index contributed by atoms with van der Waals surface area (Å²) < 4.78 is 0. The molecule has 0 saturated carbocycles. The van der Waals surface area contributed by atoms with E-state index in [-0.39, 0.29) is 41.4 Å². The van der Waals surface area contributed by atoms with E-state index in [1.807, 2.05) is 30.9 Å². The molecule has 3 heterocycles. The van der Waals surface area contributed by atoms with Gasteiger partial charge in [-0.1, -0.05) is 26.0 Å². The highest BCUT2D eigenvalue weighted by Crippen LogP contribution is 2.37. The minimum absolute atomic E-state index is 0.126. The second-order valence-corrected chi connectivity index (χ2v) is 10.4. The predicted molar refractivity (Wildman–Crippen MR) is 124 cm³/mol. The van der Waals surface area contributed by atoms with E-state index in [2.05, 4.69) is 4.90 Å². The van der Waals surface area contributed by atoms with Crippen molar-refractivity contribution in [2.75, 3.05) is 45.8 Å². The lowest BCUT2D eigenvalue weighted by molar-refractivity contribution is -0.153. The van der Waals surface area contributed by atoms with E-state index in [0.29, 0.717) is 52.0 Å². The van der Waals surface area contributed by atoms with Crippen molar-refractivity contribution in [2.45, 2.75) is 58.4 Å². The Morgan fingerprint density at radius 3 is 1.97 bits per heavy atom. The summed E-state index contributed by atoms with van der Waals surface area (Å²) in [5, 5.41) is 0. The summed E-state index contributed by atoms with van der Waals surface area (Å²) >= 11 is 0. The number of piperazine rings is 1. The minimum Gasteiger partial charge on any atom is -0.342 e. The van der Waals surface area contributed by atoms with Gasteiger partial charge in [-0.15, -0.1) is 0 Å². The molecule has 3 atom stereocenters. The van der Waals surface area contributed by atoms with Gasteiger partial charge in [0, 0.05) is 39.3 Å². The zero-order chi connectivity index (χ0) is 23.5. The highest BCUT2D eigenvalue weighted by atomic mass is 16.2. The molecular formula is C25H38N4O4. The van der Waals surface area contributed by atoms with Crippen molar-refractivity contribution < 1.29 is 19.2 Å². The van der Waals surface area contributed by atoms with Crippen LogP contribution in [0.5, 0.6) is 0 Å². The molecule has 0 aromatic heterocycles. The molecule has 0 radical (unpaired) electrons. The molecule has 0 N–H and O–H groups in total. The first-order valence-electron chi connectivity index (χ1n) is 12.7. The number of carbonyl (C=O) groups excluding carboxylic acids is 4. The van der Waals surface area contributed by atoms with Crippen molar-refractivity contribution in [1.82, 2.24) is 19.6 Å². The maximum Gasteiger partial charge on any atom is 0.245 e. The van der Waals surface area contributed by atoms with Crippen LogP contribution in [0.2, 0.25) is 0 Å². The highest BCUT2D eigenvalue weighted by Gasteiger charge is 2.51. The number of rotatable bonds is 6. The number of carbonyl (C=O) groups is 4. The lowest BCUT2D eigenvalue weighted by atomic mass is 9.85. The van der Waals surface area contributed by atoms with E-state index in [9.17, 15) is 19.2 Å². The molecule has 3 fully saturated rings. The minimum atomic E-state index is -0.725. The Hall–Kier alpha value is -2.22. The van der Waals surface area contributed by atoms with Crippen molar-refractivity contribution in [3.8, 4) is 0 Å². The zero-order valence-corrected chi connectivity index (χ0v) is 20.1. The van der Waals surface area contributed by atoms with Gasteiger partial charge in [-0.25, -0.2) is 0 Å². The molecule has 0 bridgehead atoms. The summed E-state index contributed by atoms with van der Waals surface area (Å²) in [6.45, 7) is 8.45. The van der Waals surface area contributed by atoms with Crippen LogP contribution in [0.1, 0.15) is 52.4 Å². The van der Waals surface area contributed by atoms with Crippen molar-refractivity contribution >= 4 is 23.6 Å². The van der Waals surface area contributed by atoms with Gasteiger partial charge in [0.2, 0.25) is 23.6 Å². The largest absolute Gasteiger partial charge is 0.342 e. The number of fused-ring (bicyclic) bond motifs is 1. The van der Waals surface area contributed by atoms with Gasteiger partial charge in [0.1, 0.15) is 6.04 Å². The van der Waals surface area contributed by atoms with Gasteiger partial charge in [-0.05, 0) is 44.4 Å². The molecule has 4 amide bonds. The Bertz CT molecular complexity index is 770. The van der Waals surface area contributed by atoms with Crippen LogP contribution in [-0.4, -0.2) is 95.1 Å². The van der Waals surface area contributed by atoms with E-state index >= 15 is 0 Å². The molecule has 182 valence electrons. The summed E-state index contributed by atoms with van der Waals surface area (Å²) in [6, 6.07) is -0.725. The molecule has 0 aromatic rings. The van der Waals surface area contributed by atoms with Crippen LogP contribution in [0.4, 0.5) is 0 Å². The van der Waals surface area contributed by atoms with E-state index in [0.717, 1.165) is 25.9 Å². The van der Waals surface area contributed by atoms with Gasteiger partial charge in [0.05, 0.1) is 18.4 Å².